The summed E-state index contributed by atoms with van der Waals surface area (Å²) in [6, 6.07) is 7.09. The zero-order valence-electron chi connectivity index (χ0n) is 11.0. The number of unbranched alkanes of at least 4 members (excludes halogenated alkanes) is 1. The number of aliphatic hydroxyl groups is 1. The van der Waals surface area contributed by atoms with E-state index in [0.29, 0.717) is 18.5 Å². The number of nitrogens with one attached hydrogen (secondary N) is 1. The molecule has 0 saturated carbocycles. The molecule has 0 aliphatic carbocycles. The summed E-state index contributed by atoms with van der Waals surface area (Å²) < 4.78 is 5.50. The van der Waals surface area contributed by atoms with E-state index < -0.39 is 0 Å². The minimum atomic E-state index is -0.0935. The predicted octanol–water partition coefficient (Wildman–Crippen LogP) is 1.98. The van der Waals surface area contributed by atoms with Crippen molar-refractivity contribution >= 4 is 5.91 Å². The lowest BCUT2D eigenvalue weighted by molar-refractivity contribution is 0.0952. The maximum absolute atomic E-state index is 11.7. The van der Waals surface area contributed by atoms with Gasteiger partial charge in [0, 0.05) is 18.7 Å². The van der Waals surface area contributed by atoms with Crippen molar-refractivity contribution in [1.82, 2.24) is 5.32 Å². The van der Waals surface area contributed by atoms with Gasteiger partial charge in [0.25, 0.3) is 5.91 Å². The molecule has 0 unspecified atom stereocenters. The van der Waals surface area contributed by atoms with Crippen molar-refractivity contribution in [2.45, 2.75) is 32.8 Å². The van der Waals surface area contributed by atoms with Crippen LogP contribution in [0.3, 0.4) is 0 Å². The van der Waals surface area contributed by atoms with Crippen LogP contribution in [0.15, 0.2) is 24.3 Å². The van der Waals surface area contributed by atoms with Gasteiger partial charge in [-0.1, -0.05) is 0 Å². The third-order valence-corrected chi connectivity index (χ3v) is 2.36. The molecule has 0 fully saturated rings. The van der Waals surface area contributed by atoms with E-state index in [9.17, 15) is 4.79 Å². The second kappa shape index (κ2) is 7.71. The largest absolute Gasteiger partial charge is 0.491 e. The third-order valence-electron chi connectivity index (χ3n) is 2.36. The minimum absolute atomic E-state index is 0.0935. The number of hydrogen-bond acceptors (Lipinski definition) is 3. The molecule has 0 heterocycles. The van der Waals surface area contributed by atoms with Gasteiger partial charge in [-0.25, -0.2) is 0 Å². The number of carbonyl (C=O) groups is 1. The summed E-state index contributed by atoms with van der Waals surface area (Å²) in [6.45, 7) is 4.67. The van der Waals surface area contributed by atoms with Gasteiger partial charge in [-0.2, -0.15) is 0 Å². The molecule has 1 aromatic carbocycles. The fourth-order valence-electron chi connectivity index (χ4n) is 1.50. The van der Waals surface area contributed by atoms with Crippen LogP contribution < -0.4 is 10.1 Å². The van der Waals surface area contributed by atoms with Gasteiger partial charge in [-0.3, -0.25) is 4.79 Å². The van der Waals surface area contributed by atoms with E-state index in [1.165, 1.54) is 0 Å². The highest BCUT2D eigenvalue weighted by molar-refractivity contribution is 5.94. The number of benzene rings is 1. The van der Waals surface area contributed by atoms with Crippen molar-refractivity contribution in [2.24, 2.45) is 0 Å². The Morgan fingerprint density at radius 3 is 2.50 bits per heavy atom. The second-order valence-electron chi connectivity index (χ2n) is 4.38. The van der Waals surface area contributed by atoms with E-state index in [0.717, 1.165) is 12.2 Å². The van der Waals surface area contributed by atoms with Crippen molar-refractivity contribution in [3.05, 3.63) is 29.8 Å². The summed E-state index contributed by atoms with van der Waals surface area (Å²) in [4.78, 5) is 11.7. The monoisotopic (exact) mass is 251 g/mol. The van der Waals surface area contributed by atoms with Gasteiger partial charge in [0.15, 0.2) is 0 Å². The zero-order chi connectivity index (χ0) is 13.4. The normalized spacial score (nSPS) is 10.4. The first kappa shape index (κ1) is 14.5. The molecular formula is C14H21NO3. The van der Waals surface area contributed by atoms with Crippen LogP contribution in [-0.2, 0) is 0 Å². The average molecular weight is 251 g/mol. The molecule has 0 aliphatic rings. The average Bonchev–Trinajstić information content (AvgIpc) is 2.34. The molecule has 0 atom stereocenters. The Labute approximate surface area is 108 Å². The lowest BCUT2D eigenvalue weighted by atomic mass is 10.2. The van der Waals surface area contributed by atoms with E-state index in [1.54, 1.807) is 24.3 Å². The minimum Gasteiger partial charge on any atom is -0.491 e. The van der Waals surface area contributed by atoms with Gasteiger partial charge < -0.3 is 15.2 Å². The van der Waals surface area contributed by atoms with Gasteiger partial charge in [0.1, 0.15) is 5.75 Å². The van der Waals surface area contributed by atoms with Crippen molar-refractivity contribution in [2.75, 3.05) is 13.2 Å². The van der Waals surface area contributed by atoms with Crippen LogP contribution in [0.5, 0.6) is 5.75 Å². The van der Waals surface area contributed by atoms with Crippen LogP contribution in [0.25, 0.3) is 0 Å². The highest BCUT2D eigenvalue weighted by Gasteiger charge is 2.05. The van der Waals surface area contributed by atoms with E-state index in [4.69, 9.17) is 9.84 Å². The molecule has 4 heteroatoms. The molecule has 2 N–H and O–H groups in total. The summed E-state index contributed by atoms with van der Waals surface area (Å²) in [5, 5.41) is 11.4. The van der Waals surface area contributed by atoms with Crippen LogP contribution in [0.2, 0.25) is 0 Å². The van der Waals surface area contributed by atoms with E-state index in [1.807, 2.05) is 13.8 Å². The summed E-state index contributed by atoms with van der Waals surface area (Å²) in [5.74, 6) is 0.672. The summed E-state index contributed by atoms with van der Waals surface area (Å²) >= 11 is 0. The highest BCUT2D eigenvalue weighted by atomic mass is 16.5. The summed E-state index contributed by atoms with van der Waals surface area (Å²) in [7, 11) is 0. The van der Waals surface area contributed by atoms with Crippen molar-refractivity contribution in [3.8, 4) is 5.75 Å². The predicted molar refractivity (Wildman–Crippen MR) is 70.9 cm³/mol. The lowest BCUT2D eigenvalue weighted by Gasteiger charge is -2.10. The number of amides is 1. The van der Waals surface area contributed by atoms with Gasteiger partial charge in [-0.05, 0) is 51.0 Å². The second-order valence-corrected chi connectivity index (χ2v) is 4.38. The topological polar surface area (TPSA) is 58.6 Å². The van der Waals surface area contributed by atoms with E-state index in [2.05, 4.69) is 5.32 Å². The maximum Gasteiger partial charge on any atom is 0.251 e. The smallest absolute Gasteiger partial charge is 0.251 e. The van der Waals surface area contributed by atoms with Gasteiger partial charge in [-0.15, -0.1) is 0 Å². The van der Waals surface area contributed by atoms with Gasteiger partial charge in [0.05, 0.1) is 6.10 Å². The molecule has 4 nitrogen and oxygen atoms in total. The number of hydrogen-bond donors (Lipinski definition) is 2. The lowest BCUT2D eigenvalue weighted by Crippen LogP contribution is -2.24. The molecular weight excluding hydrogens is 230 g/mol. The van der Waals surface area contributed by atoms with Crippen LogP contribution in [0.4, 0.5) is 0 Å². The van der Waals surface area contributed by atoms with E-state index >= 15 is 0 Å². The summed E-state index contributed by atoms with van der Waals surface area (Å²) in [5.41, 5.74) is 0.620. The van der Waals surface area contributed by atoms with Crippen molar-refractivity contribution in [1.29, 1.82) is 0 Å². The molecule has 0 saturated heterocycles. The highest BCUT2D eigenvalue weighted by Crippen LogP contribution is 2.13. The fourth-order valence-corrected chi connectivity index (χ4v) is 1.50. The van der Waals surface area contributed by atoms with Gasteiger partial charge in [0.2, 0.25) is 0 Å². The van der Waals surface area contributed by atoms with Crippen LogP contribution >= 0.6 is 0 Å². The van der Waals surface area contributed by atoms with E-state index in [-0.39, 0.29) is 18.6 Å². The van der Waals surface area contributed by atoms with Crippen LogP contribution in [0, 0.1) is 0 Å². The Morgan fingerprint density at radius 2 is 1.94 bits per heavy atom. The summed E-state index contributed by atoms with van der Waals surface area (Å²) in [6.07, 6.45) is 1.63. The Bertz CT molecular complexity index is 360. The molecule has 0 aromatic heterocycles. The molecule has 100 valence electrons. The Morgan fingerprint density at radius 1 is 1.28 bits per heavy atom. The Balaban J connectivity index is 2.43. The zero-order valence-corrected chi connectivity index (χ0v) is 11.0. The number of ether oxygens (including phenoxy) is 1. The molecule has 18 heavy (non-hydrogen) atoms. The standard InChI is InChI=1S/C14H21NO3/c1-11(2)18-13-7-5-12(6-8-13)14(17)15-9-3-4-10-16/h5-8,11,16H,3-4,9-10H2,1-2H3,(H,15,17). The maximum atomic E-state index is 11.7. The molecule has 1 amide bonds. The molecule has 0 bridgehead atoms. The van der Waals surface area contributed by atoms with Crippen molar-refractivity contribution < 1.29 is 14.6 Å². The molecule has 0 spiro atoms. The quantitative estimate of drug-likeness (QED) is 0.728. The van der Waals surface area contributed by atoms with Crippen LogP contribution in [0.1, 0.15) is 37.0 Å². The van der Waals surface area contributed by atoms with Crippen LogP contribution in [-0.4, -0.2) is 30.3 Å². The first-order chi connectivity index (χ1) is 8.63. The number of carbonyl (C=O) groups excluding carboxylic acids is 1. The van der Waals surface area contributed by atoms with Crippen molar-refractivity contribution in [3.63, 3.8) is 0 Å². The Kier molecular flexibility index (Phi) is 6.22. The molecule has 1 rings (SSSR count). The Hall–Kier alpha value is -1.55. The first-order valence-corrected chi connectivity index (χ1v) is 6.29. The number of aliphatic hydroxyl groups excluding tert-OH is 1. The molecule has 0 radical (unpaired) electrons. The SMILES string of the molecule is CC(C)Oc1ccc(C(=O)NCCCCO)cc1. The number of rotatable bonds is 7. The first-order valence-electron chi connectivity index (χ1n) is 6.29. The third kappa shape index (κ3) is 5.19. The fraction of sp³-hybridized carbons (Fsp3) is 0.500. The van der Waals surface area contributed by atoms with Gasteiger partial charge >= 0.3 is 0 Å². The molecule has 0 aliphatic heterocycles. The molecule has 1 aromatic rings.